The molecule has 0 aliphatic carbocycles. The quantitative estimate of drug-likeness (QED) is 0.884. The maximum absolute atomic E-state index is 6.07. The zero-order valence-electron chi connectivity index (χ0n) is 11.9. The van der Waals surface area contributed by atoms with E-state index in [9.17, 15) is 0 Å². The summed E-state index contributed by atoms with van der Waals surface area (Å²) in [4.78, 5) is 4.23. The molecule has 18 heavy (non-hydrogen) atoms. The Kier molecular flexibility index (Phi) is 4.82. The van der Waals surface area contributed by atoms with Gasteiger partial charge in [-0.2, -0.15) is 0 Å². The maximum atomic E-state index is 6.07. The lowest BCUT2D eigenvalue weighted by atomic mass is 9.89. The molecule has 3 heteroatoms. The molecule has 0 spiro atoms. The first-order valence-corrected chi connectivity index (χ1v) is 8.12. The van der Waals surface area contributed by atoms with E-state index < -0.39 is 0 Å². The van der Waals surface area contributed by atoms with E-state index in [-0.39, 0.29) is 0 Å². The van der Waals surface area contributed by atoms with Crippen molar-refractivity contribution in [2.45, 2.75) is 52.1 Å². The molecule has 2 heterocycles. The number of fused-ring (bicyclic) bond motifs is 1. The average molecular weight is 266 g/mol. The highest BCUT2D eigenvalue weighted by Crippen LogP contribution is 2.36. The SMILES string of the molecule is CCC(CC)C(CN)N1CCc2sccc2C1C. The highest BCUT2D eigenvalue weighted by atomic mass is 32.1. The fraction of sp³-hybridized carbons (Fsp3) is 0.733. The maximum Gasteiger partial charge on any atom is 0.0334 e. The van der Waals surface area contributed by atoms with Gasteiger partial charge in [-0.1, -0.05) is 26.7 Å². The van der Waals surface area contributed by atoms with Gasteiger partial charge in [-0.3, -0.25) is 4.90 Å². The summed E-state index contributed by atoms with van der Waals surface area (Å²) in [5.74, 6) is 0.734. The van der Waals surface area contributed by atoms with Crippen LogP contribution < -0.4 is 5.73 Å². The third-order valence-corrected chi connectivity index (χ3v) is 5.58. The second kappa shape index (κ2) is 6.18. The lowest BCUT2D eigenvalue weighted by molar-refractivity contribution is 0.0919. The van der Waals surface area contributed by atoms with Crippen molar-refractivity contribution in [2.24, 2.45) is 11.7 Å². The molecule has 0 saturated carbocycles. The third kappa shape index (κ3) is 2.49. The Morgan fingerprint density at radius 3 is 2.78 bits per heavy atom. The Morgan fingerprint density at radius 1 is 1.44 bits per heavy atom. The van der Waals surface area contributed by atoms with Crippen LogP contribution >= 0.6 is 11.3 Å². The van der Waals surface area contributed by atoms with E-state index in [4.69, 9.17) is 5.73 Å². The van der Waals surface area contributed by atoms with Gasteiger partial charge in [0.1, 0.15) is 0 Å². The molecule has 102 valence electrons. The molecule has 0 amide bonds. The first-order chi connectivity index (χ1) is 8.72. The molecule has 0 saturated heterocycles. The van der Waals surface area contributed by atoms with Crippen molar-refractivity contribution < 1.29 is 0 Å². The van der Waals surface area contributed by atoms with Crippen LogP contribution in [0.3, 0.4) is 0 Å². The number of rotatable bonds is 5. The first kappa shape index (κ1) is 14.0. The summed E-state index contributed by atoms with van der Waals surface area (Å²) in [6.07, 6.45) is 3.67. The summed E-state index contributed by atoms with van der Waals surface area (Å²) in [7, 11) is 0. The van der Waals surface area contributed by atoms with Gasteiger partial charge in [-0.25, -0.2) is 0 Å². The Morgan fingerprint density at radius 2 is 2.17 bits per heavy atom. The lowest BCUT2D eigenvalue weighted by Crippen LogP contribution is -2.48. The minimum absolute atomic E-state index is 0.536. The van der Waals surface area contributed by atoms with Crippen molar-refractivity contribution >= 4 is 11.3 Å². The van der Waals surface area contributed by atoms with Crippen molar-refractivity contribution in [3.8, 4) is 0 Å². The average Bonchev–Trinajstić information content (AvgIpc) is 2.86. The van der Waals surface area contributed by atoms with E-state index in [2.05, 4.69) is 37.1 Å². The van der Waals surface area contributed by atoms with Crippen LogP contribution in [0.15, 0.2) is 11.4 Å². The van der Waals surface area contributed by atoms with E-state index in [0.29, 0.717) is 12.1 Å². The zero-order chi connectivity index (χ0) is 13.1. The van der Waals surface area contributed by atoms with Crippen LogP contribution in [0.4, 0.5) is 0 Å². The van der Waals surface area contributed by atoms with E-state index in [0.717, 1.165) is 12.5 Å². The van der Waals surface area contributed by atoms with Crippen LogP contribution in [-0.2, 0) is 6.42 Å². The summed E-state index contributed by atoms with van der Waals surface area (Å²) >= 11 is 1.91. The van der Waals surface area contributed by atoms with Crippen LogP contribution in [0.5, 0.6) is 0 Å². The van der Waals surface area contributed by atoms with Crippen molar-refractivity contribution in [2.75, 3.05) is 13.1 Å². The molecular formula is C15H26N2S. The van der Waals surface area contributed by atoms with Gasteiger partial charge in [0.2, 0.25) is 0 Å². The van der Waals surface area contributed by atoms with Crippen LogP contribution in [0.1, 0.15) is 50.1 Å². The van der Waals surface area contributed by atoms with Gasteiger partial charge in [-0.05, 0) is 36.3 Å². The van der Waals surface area contributed by atoms with Crippen LogP contribution in [0, 0.1) is 5.92 Å². The van der Waals surface area contributed by atoms with Gasteiger partial charge in [0.15, 0.2) is 0 Å². The molecule has 0 fully saturated rings. The number of hydrogen-bond donors (Lipinski definition) is 1. The highest BCUT2D eigenvalue weighted by molar-refractivity contribution is 7.10. The Hall–Kier alpha value is -0.380. The second-order valence-corrected chi connectivity index (χ2v) is 6.34. The second-order valence-electron chi connectivity index (χ2n) is 5.34. The van der Waals surface area contributed by atoms with E-state index in [1.165, 1.54) is 31.4 Å². The van der Waals surface area contributed by atoms with Crippen molar-refractivity contribution in [1.29, 1.82) is 0 Å². The molecule has 2 rings (SSSR count). The molecule has 1 aromatic rings. The molecule has 2 nitrogen and oxygen atoms in total. The van der Waals surface area contributed by atoms with E-state index >= 15 is 0 Å². The first-order valence-electron chi connectivity index (χ1n) is 7.24. The number of nitrogens with zero attached hydrogens (tertiary/aromatic N) is 1. The molecule has 1 aliphatic heterocycles. The summed E-state index contributed by atoms with van der Waals surface area (Å²) < 4.78 is 0. The van der Waals surface area contributed by atoms with Crippen LogP contribution in [-0.4, -0.2) is 24.0 Å². The Bertz CT molecular complexity index is 370. The number of thiophene rings is 1. The number of nitrogens with two attached hydrogens (primary N) is 1. The van der Waals surface area contributed by atoms with Gasteiger partial charge in [0, 0.05) is 30.1 Å². The van der Waals surface area contributed by atoms with Crippen molar-refractivity contribution in [3.05, 3.63) is 21.9 Å². The van der Waals surface area contributed by atoms with Gasteiger partial charge in [-0.15, -0.1) is 11.3 Å². The summed E-state index contributed by atoms with van der Waals surface area (Å²) in [6.45, 7) is 8.89. The van der Waals surface area contributed by atoms with Crippen molar-refractivity contribution in [3.63, 3.8) is 0 Å². The van der Waals surface area contributed by atoms with E-state index in [1.807, 2.05) is 11.3 Å². The fourth-order valence-corrected chi connectivity index (χ4v) is 4.38. The summed E-state index contributed by atoms with van der Waals surface area (Å²) in [5, 5.41) is 2.24. The lowest BCUT2D eigenvalue weighted by Gasteiger charge is -2.42. The smallest absolute Gasteiger partial charge is 0.0334 e. The van der Waals surface area contributed by atoms with Crippen LogP contribution in [0.2, 0.25) is 0 Å². The topological polar surface area (TPSA) is 29.3 Å². The molecule has 1 aromatic heterocycles. The minimum atomic E-state index is 0.536. The Balaban J connectivity index is 2.18. The van der Waals surface area contributed by atoms with E-state index in [1.54, 1.807) is 4.88 Å². The molecule has 1 aliphatic rings. The standard InChI is InChI=1S/C15H26N2S/c1-4-12(5-2)14(10-16)17-8-6-15-13(11(17)3)7-9-18-15/h7,9,11-12,14H,4-6,8,10,16H2,1-3H3. The molecule has 0 aromatic carbocycles. The molecule has 2 unspecified atom stereocenters. The van der Waals surface area contributed by atoms with Crippen molar-refractivity contribution in [1.82, 2.24) is 4.90 Å². The van der Waals surface area contributed by atoms with Crippen LogP contribution in [0.25, 0.3) is 0 Å². The molecule has 2 N–H and O–H groups in total. The molecule has 0 radical (unpaired) electrons. The normalized spacial score (nSPS) is 22.2. The summed E-state index contributed by atoms with van der Waals surface area (Å²) in [6, 6.07) is 3.38. The monoisotopic (exact) mass is 266 g/mol. The third-order valence-electron chi connectivity index (χ3n) is 4.58. The van der Waals surface area contributed by atoms with Gasteiger partial charge in [0.25, 0.3) is 0 Å². The fourth-order valence-electron chi connectivity index (χ4n) is 3.41. The predicted octanol–water partition coefficient (Wildman–Crippen LogP) is 3.43. The molecule has 2 atom stereocenters. The highest BCUT2D eigenvalue weighted by Gasteiger charge is 2.32. The number of hydrogen-bond acceptors (Lipinski definition) is 3. The minimum Gasteiger partial charge on any atom is -0.329 e. The molecular weight excluding hydrogens is 240 g/mol. The Labute approximate surface area is 115 Å². The van der Waals surface area contributed by atoms with Gasteiger partial charge >= 0.3 is 0 Å². The van der Waals surface area contributed by atoms with Gasteiger partial charge in [0.05, 0.1) is 0 Å². The largest absolute Gasteiger partial charge is 0.329 e. The summed E-state index contributed by atoms with van der Waals surface area (Å²) in [5.41, 5.74) is 7.61. The zero-order valence-corrected chi connectivity index (χ0v) is 12.7. The van der Waals surface area contributed by atoms with Gasteiger partial charge < -0.3 is 5.73 Å². The molecule has 0 bridgehead atoms. The predicted molar refractivity (Wildman–Crippen MR) is 80.1 cm³/mol.